The van der Waals surface area contributed by atoms with Crippen molar-refractivity contribution in [1.82, 2.24) is 15.1 Å². The predicted molar refractivity (Wildman–Crippen MR) is 131 cm³/mol. The molecule has 162 valence electrons. The SMILES string of the molecule is C[C@@H](NC(=O)/C(C#N)=C/c1cn(-c2ccccc2)nc1-c1ccc(Cl)cc1)c1ccccc1. The van der Waals surface area contributed by atoms with Gasteiger partial charge in [0.25, 0.3) is 5.91 Å². The summed E-state index contributed by atoms with van der Waals surface area (Å²) in [5, 5.41) is 18.0. The van der Waals surface area contributed by atoms with Gasteiger partial charge in [0.1, 0.15) is 11.6 Å². The standard InChI is InChI=1S/C27H21ClN4O/c1-19(20-8-4-2-5-9-20)30-27(33)22(17-29)16-23-18-32(25-10-6-3-7-11-25)31-26(23)21-12-14-24(28)15-13-21/h2-16,18-19H,1H3,(H,30,33)/b22-16+/t19-/m1/s1. The van der Waals surface area contributed by atoms with Gasteiger partial charge in [0, 0.05) is 22.3 Å². The molecule has 0 radical (unpaired) electrons. The minimum absolute atomic E-state index is 0.000561. The molecule has 0 aliphatic carbocycles. The smallest absolute Gasteiger partial charge is 0.262 e. The lowest BCUT2D eigenvalue weighted by Gasteiger charge is -2.13. The molecule has 6 heteroatoms. The van der Waals surface area contributed by atoms with Crippen LogP contribution in [0.4, 0.5) is 0 Å². The summed E-state index contributed by atoms with van der Waals surface area (Å²) in [6.07, 6.45) is 3.38. The zero-order valence-corrected chi connectivity index (χ0v) is 18.7. The van der Waals surface area contributed by atoms with E-state index in [9.17, 15) is 10.1 Å². The Labute approximate surface area is 197 Å². The third-order valence-electron chi connectivity index (χ3n) is 5.19. The maximum absolute atomic E-state index is 12.9. The van der Waals surface area contributed by atoms with Crippen molar-refractivity contribution in [3.63, 3.8) is 0 Å². The van der Waals surface area contributed by atoms with Crippen LogP contribution in [-0.4, -0.2) is 15.7 Å². The van der Waals surface area contributed by atoms with Gasteiger partial charge >= 0.3 is 0 Å². The molecule has 0 bridgehead atoms. The quantitative estimate of drug-likeness (QED) is 0.289. The first kappa shape index (κ1) is 22.1. The van der Waals surface area contributed by atoms with Crippen LogP contribution in [0.15, 0.2) is 96.7 Å². The van der Waals surface area contributed by atoms with Gasteiger partial charge in [0.05, 0.1) is 17.4 Å². The van der Waals surface area contributed by atoms with Crippen molar-refractivity contribution in [2.45, 2.75) is 13.0 Å². The molecule has 1 heterocycles. The van der Waals surface area contributed by atoms with Crippen LogP contribution < -0.4 is 5.32 Å². The van der Waals surface area contributed by atoms with Crippen molar-refractivity contribution in [2.75, 3.05) is 0 Å². The molecule has 1 N–H and O–H groups in total. The molecule has 0 fully saturated rings. The fourth-order valence-corrected chi connectivity index (χ4v) is 3.57. The normalized spacial score (nSPS) is 12.1. The average molecular weight is 453 g/mol. The van der Waals surface area contributed by atoms with Gasteiger partial charge in [-0.05, 0) is 42.8 Å². The Balaban J connectivity index is 1.71. The number of benzene rings is 3. The Bertz CT molecular complexity index is 1320. The Hall–Kier alpha value is -4.14. The maximum Gasteiger partial charge on any atom is 0.262 e. The highest BCUT2D eigenvalue weighted by Gasteiger charge is 2.17. The van der Waals surface area contributed by atoms with E-state index in [0.29, 0.717) is 16.3 Å². The van der Waals surface area contributed by atoms with E-state index in [0.717, 1.165) is 16.8 Å². The number of nitrogens with one attached hydrogen (secondary N) is 1. The number of aromatic nitrogens is 2. The molecule has 0 unspecified atom stereocenters. The monoisotopic (exact) mass is 452 g/mol. The molecule has 0 aliphatic heterocycles. The lowest BCUT2D eigenvalue weighted by Crippen LogP contribution is -2.27. The first-order chi connectivity index (χ1) is 16.0. The molecular formula is C27H21ClN4O. The van der Waals surface area contributed by atoms with Crippen LogP contribution in [0.2, 0.25) is 5.02 Å². The summed E-state index contributed by atoms with van der Waals surface area (Å²) in [7, 11) is 0. The molecule has 0 saturated heterocycles. The first-order valence-electron chi connectivity index (χ1n) is 10.4. The van der Waals surface area contributed by atoms with E-state index >= 15 is 0 Å². The van der Waals surface area contributed by atoms with Gasteiger partial charge in [-0.2, -0.15) is 10.4 Å². The average Bonchev–Trinajstić information content (AvgIpc) is 3.28. The fourth-order valence-electron chi connectivity index (χ4n) is 3.44. The number of hydrogen-bond donors (Lipinski definition) is 1. The van der Waals surface area contributed by atoms with Crippen molar-refractivity contribution in [3.05, 3.63) is 113 Å². The van der Waals surface area contributed by atoms with Crippen LogP contribution in [0.5, 0.6) is 0 Å². The fraction of sp³-hybridized carbons (Fsp3) is 0.0741. The van der Waals surface area contributed by atoms with Crippen LogP contribution in [0, 0.1) is 11.3 Å². The first-order valence-corrected chi connectivity index (χ1v) is 10.8. The highest BCUT2D eigenvalue weighted by Crippen LogP contribution is 2.27. The molecule has 4 aromatic rings. The van der Waals surface area contributed by atoms with Crippen LogP contribution in [0.3, 0.4) is 0 Å². The summed E-state index contributed by atoms with van der Waals surface area (Å²) in [4.78, 5) is 12.9. The third-order valence-corrected chi connectivity index (χ3v) is 5.45. The van der Waals surface area contributed by atoms with Crippen molar-refractivity contribution in [2.24, 2.45) is 0 Å². The summed E-state index contributed by atoms with van der Waals surface area (Å²) < 4.78 is 1.73. The van der Waals surface area contributed by atoms with Gasteiger partial charge in [0.15, 0.2) is 0 Å². The number of hydrogen-bond acceptors (Lipinski definition) is 3. The number of rotatable bonds is 6. The molecular weight excluding hydrogens is 432 g/mol. The van der Waals surface area contributed by atoms with Gasteiger partial charge in [0.2, 0.25) is 0 Å². The lowest BCUT2D eigenvalue weighted by molar-refractivity contribution is -0.117. The Morgan fingerprint density at radius 3 is 2.30 bits per heavy atom. The lowest BCUT2D eigenvalue weighted by atomic mass is 10.0. The van der Waals surface area contributed by atoms with Crippen LogP contribution in [-0.2, 0) is 4.79 Å². The minimum Gasteiger partial charge on any atom is -0.345 e. The molecule has 0 aliphatic rings. The second kappa shape index (κ2) is 9.99. The summed E-state index contributed by atoms with van der Waals surface area (Å²) in [5.74, 6) is -0.441. The molecule has 1 atom stereocenters. The molecule has 33 heavy (non-hydrogen) atoms. The second-order valence-corrected chi connectivity index (χ2v) is 7.93. The highest BCUT2D eigenvalue weighted by molar-refractivity contribution is 6.30. The van der Waals surface area contributed by atoms with E-state index in [1.54, 1.807) is 22.9 Å². The van der Waals surface area contributed by atoms with E-state index in [1.807, 2.05) is 92.0 Å². The number of nitrogens with zero attached hydrogens (tertiary/aromatic N) is 3. The number of halogens is 1. The predicted octanol–water partition coefficient (Wildman–Crippen LogP) is 5.98. The Morgan fingerprint density at radius 1 is 1.03 bits per heavy atom. The number of amides is 1. The van der Waals surface area contributed by atoms with Crippen molar-refractivity contribution in [3.8, 4) is 23.0 Å². The summed E-state index contributed by atoms with van der Waals surface area (Å²) in [5.41, 5.74) is 3.96. The molecule has 0 saturated carbocycles. The largest absolute Gasteiger partial charge is 0.345 e. The van der Waals surface area contributed by atoms with E-state index in [2.05, 4.69) is 5.32 Å². The van der Waals surface area contributed by atoms with Crippen LogP contribution in [0.1, 0.15) is 24.1 Å². The van der Waals surface area contributed by atoms with Gasteiger partial charge in [-0.25, -0.2) is 4.68 Å². The zero-order valence-electron chi connectivity index (χ0n) is 17.9. The Kier molecular flexibility index (Phi) is 6.68. The van der Waals surface area contributed by atoms with E-state index < -0.39 is 5.91 Å². The van der Waals surface area contributed by atoms with E-state index in [-0.39, 0.29) is 11.6 Å². The molecule has 5 nitrogen and oxygen atoms in total. The second-order valence-electron chi connectivity index (χ2n) is 7.50. The topological polar surface area (TPSA) is 70.7 Å². The van der Waals surface area contributed by atoms with E-state index in [1.165, 1.54) is 0 Å². The van der Waals surface area contributed by atoms with Gasteiger partial charge in [-0.1, -0.05) is 72.3 Å². The van der Waals surface area contributed by atoms with Crippen LogP contribution in [0.25, 0.3) is 23.0 Å². The molecule has 1 amide bonds. The van der Waals surface area contributed by atoms with Gasteiger partial charge in [-0.3, -0.25) is 4.79 Å². The molecule has 1 aromatic heterocycles. The number of carbonyl (C=O) groups excluding carboxylic acids is 1. The number of para-hydroxylation sites is 1. The van der Waals surface area contributed by atoms with Crippen LogP contribution >= 0.6 is 11.6 Å². The number of carbonyl (C=O) groups is 1. The number of nitriles is 1. The van der Waals surface area contributed by atoms with Crippen molar-refractivity contribution in [1.29, 1.82) is 5.26 Å². The molecule has 3 aromatic carbocycles. The zero-order chi connectivity index (χ0) is 23.2. The van der Waals surface area contributed by atoms with Gasteiger partial charge < -0.3 is 5.32 Å². The summed E-state index contributed by atoms with van der Waals surface area (Å²) in [6.45, 7) is 1.88. The third kappa shape index (κ3) is 5.20. The van der Waals surface area contributed by atoms with E-state index in [4.69, 9.17) is 16.7 Å². The minimum atomic E-state index is -0.441. The molecule has 4 rings (SSSR count). The molecule has 0 spiro atoms. The van der Waals surface area contributed by atoms with Crippen molar-refractivity contribution >= 4 is 23.6 Å². The maximum atomic E-state index is 12.9. The highest BCUT2D eigenvalue weighted by atomic mass is 35.5. The van der Waals surface area contributed by atoms with Gasteiger partial charge in [-0.15, -0.1) is 0 Å². The summed E-state index contributed by atoms with van der Waals surface area (Å²) >= 11 is 6.05. The van der Waals surface area contributed by atoms with Crippen molar-refractivity contribution < 1.29 is 4.79 Å². The Morgan fingerprint density at radius 2 is 1.67 bits per heavy atom. The summed E-state index contributed by atoms with van der Waals surface area (Å²) in [6, 6.07) is 28.3.